The Kier molecular flexibility index (Phi) is 3.54. The fraction of sp³-hybridized carbons (Fsp3) is 0.500. The molecule has 1 aromatic rings. The first-order valence-electron chi connectivity index (χ1n) is 4.05. The lowest BCUT2D eigenvalue weighted by molar-refractivity contribution is -0.140. The third-order valence-electron chi connectivity index (χ3n) is 1.78. The van der Waals surface area contributed by atoms with Crippen LogP contribution < -0.4 is 11.3 Å². The number of hydrogen-bond acceptors (Lipinski definition) is 3. The SMILES string of the molecule is NNC(Cc1ccoc1)CC(F)(F)F. The molecule has 6 heteroatoms. The predicted octanol–water partition coefficient (Wildman–Crippen LogP) is 1.61. The van der Waals surface area contributed by atoms with Crippen LogP contribution in [0.5, 0.6) is 0 Å². The van der Waals surface area contributed by atoms with Crippen molar-refractivity contribution in [3.8, 4) is 0 Å². The highest BCUT2D eigenvalue weighted by Crippen LogP contribution is 2.22. The molecule has 1 unspecified atom stereocenters. The Labute approximate surface area is 79.0 Å². The Hall–Kier alpha value is -1.01. The molecular weight excluding hydrogens is 197 g/mol. The van der Waals surface area contributed by atoms with Crippen LogP contribution >= 0.6 is 0 Å². The van der Waals surface area contributed by atoms with Gasteiger partial charge in [-0.2, -0.15) is 13.2 Å². The molecule has 1 rings (SSSR count). The van der Waals surface area contributed by atoms with Crippen molar-refractivity contribution < 1.29 is 17.6 Å². The molecule has 0 aliphatic rings. The van der Waals surface area contributed by atoms with Gasteiger partial charge >= 0.3 is 6.18 Å². The monoisotopic (exact) mass is 208 g/mol. The standard InChI is InChI=1S/C8H11F3N2O/c9-8(10,11)4-7(13-12)3-6-1-2-14-5-6/h1-2,5,7,13H,3-4,12H2. The minimum absolute atomic E-state index is 0.201. The molecule has 1 atom stereocenters. The topological polar surface area (TPSA) is 51.2 Å². The molecular formula is C8H11F3N2O. The molecule has 0 bridgehead atoms. The van der Waals surface area contributed by atoms with E-state index in [0.717, 1.165) is 0 Å². The van der Waals surface area contributed by atoms with Crippen LogP contribution in [-0.2, 0) is 6.42 Å². The van der Waals surface area contributed by atoms with E-state index in [9.17, 15) is 13.2 Å². The van der Waals surface area contributed by atoms with Gasteiger partial charge in [0.25, 0.3) is 0 Å². The summed E-state index contributed by atoms with van der Waals surface area (Å²) >= 11 is 0. The van der Waals surface area contributed by atoms with E-state index in [2.05, 4.69) is 5.43 Å². The predicted molar refractivity (Wildman–Crippen MR) is 44.2 cm³/mol. The summed E-state index contributed by atoms with van der Waals surface area (Å²) in [5.41, 5.74) is 2.83. The number of hydrogen-bond donors (Lipinski definition) is 2. The third kappa shape index (κ3) is 3.80. The summed E-state index contributed by atoms with van der Waals surface area (Å²) in [4.78, 5) is 0. The lowest BCUT2D eigenvalue weighted by Gasteiger charge is -2.16. The minimum Gasteiger partial charge on any atom is -0.472 e. The van der Waals surface area contributed by atoms with Gasteiger partial charge in [-0.3, -0.25) is 11.3 Å². The fourth-order valence-corrected chi connectivity index (χ4v) is 1.16. The average Bonchev–Trinajstić information content (AvgIpc) is 2.53. The summed E-state index contributed by atoms with van der Waals surface area (Å²) in [6, 6.07) is 0.799. The molecule has 3 nitrogen and oxygen atoms in total. The van der Waals surface area contributed by atoms with Crippen molar-refractivity contribution in [2.24, 2.45) is 5.84 Å². The molecule has 0 aliphatic carbocycles. The lowest BCUT2D eigenvalue weighted by atomic mass is 10.1. The van der Waals surface area contributed by atoms with Crippen LogP contribution in [0.3, 0.4) is 0 Å². The van der Waals surface area contributed by atoms with Crippen LogP contribution in [0.25, 0.3) is 0 Å². The maximum atomic E-state index is 12.0. The molecule has 80 valence electrons. The molecule has 0 radical (unpaired) electrons. The van der Waals surface area contributed by atoms with Crippen LogP contribution in [0.15, 0.2) is 23.0 Å². The van der Waals surface area contributed by atoms with E-state index < -0.39 is 18.6 Å². The highest BCUT2D eigenvalue weighted by Gasteiger charge is 2.31. The average molecular weight is 208 g/mol. The summed E-state index contributed by atoms with van der Waals surface area (Å²) in [7, 11) is 0. The molecule has 0 aromatic carbocycles. The number of nitrogens with one attached hydrogen (secondary N) is 1. The Bertz CT molecular complexity index is 258. The second kappa shape index (κ2) is 4.47. The Balaban J connectivity index is 2.47. The Morgan fingerprint density at radius 3 is 2.64 bits per heavy atom. The highest BCUT2D eigenvalue weighted by molar-refractivity contribution is 5.07. The van der Waals surface area contributed by atoms with Crippen LogP contribution in [0.1, 0.15) is 12.0 Å². The van der Waals surface area contributed by atoms with E-state index in [4.69, 9.17) is 10.3 Å². The largest absolute Gasteiger partial charge is 0.472 e. The Morgan fingerprint density at radius 2 is 2.21 bits per heavy atom. The molecule has 0 spiro atoms. The van der Waals surface area contributed by atoms with Crippen molar-refractivity contribution in [3.05, 3.63) is 24.2 Å². The smallest absolute Gasteiger partial charge is 0.390 e. The number of hydrazine groups is 1. The van der Waals surface area contributed by atoms with Crippen molar-refractivity contribution in [2.45, 2.75) is 25.1 Å². The molecule has 0 fully saturated rings. The van der Waals surface area contributed by atoms with Gasteiger partial charge in [0.15, 0.2) is 0 Å². The molecule has 0 saturated carbocycles. The second-order valence-corrected chi connectivity index (χ2v) is 3.02. The van der Waals surface area contributed by atoms with Crippen LogP contribution in [0.4, 0.5) is 13.2 Å². The van der Waals surface area contributed by atoms with Gasteiger partial charge in [0.05, 0.1) is 18.9 Å². The van der Waals surface area contributed by atoms with Gasteiger partial charge in [-0.25, -0.2) is 0 Å². The van der Waals surface area contributed by atoms with E-state index in [1.54, 1.807) is 6.07 Å². The summed E-state index contributed by atoms with van der Waals surface area (Å²) in [5.74, 6) is 5.02. The van der Waals surface area contributed by atoms with Crippen molar-refractivity contribution >= 4 is 0 Å². The normalized spacial score (nSPS) is 14.3. The molecule has 1 heterocycles. The first kappa shape index (κ1) is 11.1. The lowest BCUT2D eigenvalue weighted by Crippen LogP contribution is -2.40. The van der Waals surface area contributed by atoms with Crippen LogP contribution in [0.2, 0.25) is 0 Å². The van der Waals surface area contributed by atoms with E-state index in [1.807, 2.05) is 0 Å². The van der Waals surface area contributed by atoms with Crippen molar-refractivity contribution in [2.75, 3.05) is 0 Å². The second-order valence-electron chi connectivity index (χ2n) is 3.02. The maximum absolute atomic E-state index is 12.0. The number of alkyl halides is 3. The Morgan fingerprint density at radius 1 is 1.50 bits per heavy atom. The fourth-order valence-electron chi connectivity index (χ4n) is 1.16. The zero-order chi connectivity index (χ0) is 10.6. The number of nitrogens with two attached hydrogens (primary N) is 1. The summed E-state index contributed by atoms with van der Waals surface area (Å²) in [5, 5.41) is 0. The van der Waals surface area contributed by atoms with Gasteiger partial charge in [0.1, 0.15) is 0 Å². The third-order valence-corrected chi connectivity index (χ3v) is 1.78. The van der Waals surface area contributed by atoms with Gasteiger partial charge in [-0.1, -0.05) is 0 Å². The van der Waals surface area contributed by atoms with Crippen LogP contribution in [0, 0.1) is 0 Å². The van der Waals surface area contributed by atoms with Crippen molar-refractivity contribution in [1.29, 1.82) is 0 Å². The number of furan rings is 1. The van der Waals surface area contributed by atoms with E-state index in [1.165, 1.54) is 12.5 Å². The first-order valence-corrected chi connectivity index (χ1v) is 4.05. The van der Waals surface area contributed by atoms with Gasteiger partial charge < -0.3 is 4.42 Å². The van der Waals surface area contributed by atoms with Crippen molar-refractivity contribution in [1.82, 2.24) is 5.43 Å². The zero-order valence-corrected chi connectivity index (χ0v) is 7.34. The van der Waals surface area contributed by atoms with E-state index in [0.29, 0.717) is 5.56 Å². The van der Waals surface area contributed by atoms with Crippen LogP contribution in [-0.4, -0.2) is 12.2 Å². The molecule has 0 aliphatic heterocycles. The first-order chi connectivity index (χ1) is 6.51. The molecule has 3 N–H and O–H groups in total. The summed E-state index contributed by atoms with van der Waals surface area (Å²) < 4.78 is 40.7. The van der Waals surface area contributed by atoms with Gasteiger partial charge in [0.2, 0.25) is 0 Å². The van der Waals surface area contributed by atoms with E-state index in [-0.39, 0.29) is 6.42 Å². The van der Waals surface area contributed by atoms with Gasteiger partial charge in [0, 0.05) is 6.04 Å². The van der Waals surface area contributed by atoms with E-state index >= 15 is 0 Å². The molecule has 0 saturated heterocycles. The van der Waals surface area contributed by atoms with Gasteiger partial charge in [-0.15, -0.1) is 0 Å². The number of rotatable bonds is 4. The molecule has 14 heavy (non-hydrogen) atoms. The minimum atomic E-state index is -4.21. The summed E-state index contributed by atoms with van der Waals surface area (Å²) in [6.07, 6.45) is -2.14. The molecule has 1 aromatic heterocycles. The highest BCUT2D eigenvalue weighted by atomic mass is 19.4. The van der Waals surface area contributed by atoms with Gasteiger partial charge in [-0.05, 0) is 18.1 Å². The maximum Gasteiger partial charge on any atom is 0.390 e. The quantitative estimate of drug-likeness (QED) is 0.583. The van der Waals surface area contributed by atoms with Crippen molar-refractivity contribution in [3.63, 3.8) is 0 Å². The zero-order valence-electron chi connectivity index (χ0n) is 7.34. The molecule has 0 amide bonds. The summed E-state index contributed by atoms with van der Waals surface area (Å²) in [6.45, 7) is 0. The number of halogens is 3.